The van der Waals surface area contributed by atoms with Gasteiger partial charge in [0, 0.05) is 0 Å². The molecule has 0 heterocycles. The third-order valence-electron chi connectivity index (χ3n) is 7.12. The molecule has 0 aliphatic carbocycles. The molecule has 0 atom stereocenters. The van der Waals surface area contributed by atoms with Crippen LogP contribution in [-0.2, 0) is 0 Å². The molecule has 0 fully saturated rings. The van der Waals surface area contributed by atoms with Gasteiger partial charge in [-0.05, 0) is 25.9 Å². The van der Waals surface area contributed by atoms with Crippen molar-refractivity contribution in [3.05, 3.63) is 0 Å². The number of hydrogen-bond acceptors (Lipinski definition) is 1. The van der Waals surface area contributed by atoms with Crippen molar-refractivity contribution >= 4 is 16.1 Å². The molecular formula is C20H47NSi2. The smallest absolute Gasteiger partial charge is 0.0527 e. The van der Waals surface area contributed by atoms with Crippen molar-refractivity contribution in [3.63, 3.8) is 0 Å². The monoisotopic (exact) mass is 357 g/mol. The van der Waals surface area contributed by atoms with Crippen LogP contribution in [0.5, 0.6) is 0 Å². The van der Waals surface area contributed by atoms with Gasteiger partial charge < -0.3 is 5.32 Å². The van der Waals surface area contributed by atoms with E-state index in [0.717, 1.165) is 0 Å². The van der Waals surface area contributed by atoms with Gasteiger partial charge in [-0.25, -0.2) is 0 Å². The fourth-order valence-electron chi connectivity index (χ4n) is 4.19. The average Bonchev–Trinajstić information content (AvgIpc) is 2.61. The van der Waals surface area contributed by atoms with E-state index >= 15 is 0 Å². The van der Waals surface area contributed by atoms with E-state index in [4.69, 9.17) is 0 Å². The first-order valence-corrected chi connectivity index (χ1v) is 16.4. The second-order valence-electron chi connectivity index (χ2n) is 7.79. The topological polar surface area (TPSA) is 12.0 Å². The lowest BCUT2D eigenvalue weighted by molar-refractivity contribution is 0.607. The molecule has 0 bridgehead atoms. The Morgan fingerprint density at radius 1 is 0.478 bits per heavy atom. The molecule has 0 aliphatic rings. The Morgan fingerprint density at radius 3 is 1.04 bits per heavy atom. The standard InChI is InChI=1S/C20H47NSi2/c1-7-22(8-2,9-3)19-15-13-17-21-18-14-16-20-23(10-4,11-5)12-6/h21H,7-20H2,1-6H3. The van der Waals surface area contributed by atoms with Crippen molar-refractivity contribution in [1.29, 1.82) is 0 Å². The Balaban J connectivity index is 3.64. The van der Waals surface area contributed by atoms with Gasteiger partial charge in [0.2, 0.25) is 0 Å². The number of hydrogen-bond donors (Lipinski definition) is 1. The van der Waals surface area contributed by atoms with E-state index in [1.807, 2.05) is 0 Å². The predicted octanol–water partition coefficient (Wildman–Crippen LogP) is 7.15. The highest BCUT2D eigenvalue weighted by molar-refractivity contribution is 6.80. The fraction of sp³-hybridized carbons (Fsp3) is 1.00. The van der Waals surface area contributed by atoms with Gasteiger partial charge >= 0.3 is 0 Å². The fourth-order valence-corrected chi connectivity index (χ4v) is 11.3. The highest BCUT2D eigenvalue weighted by Crippen LogP contribution is 2.27. The zero-order valence-corrected chi connectivity index (χ0v) is 19.4. The van der Waals surface area contributed by atoms with Crippen LogP contribution in [0.15, 0.2) is 0 Å². The van der Waals surface area contributed by atoms with Crippen molar-refractivity contribution in [2.24, 2.45) is 0 Å². The molecule has 140 valence electrons. The lowest BCUT2D eigenvalue weighted by atomic mass is 10.3. The van der Waals surface area contributed by atoms with E-state index in [1.165, 1.54) is 75.0 Å². The summed E-state index contributed by atoms with van der Waals surface area (Å²) >= 11 is 0. The van der Waals surface area contributed by atoms with Crippen LogP contribution in [0.1, 0.15) is 67.2 Å². The SMILES string of the molecule is CC[Si](CC)(CC)CCCCNCCCC[Si](CC)(CC)CC. The Morgan fingerprint density at radius 2 is 0.783 bits per heavy atom. The molecule has 0 radical (unpaired) electrons. The van der Waals surface area contributed by atoms with Gasteiger partial charge in [0.05, 0.1) is 16.1 Å². The Hall–Kier alpha value is 0.394. The summed E-state index contributed by atoms with van der Waals surface area (Å²) in [4.78, 5) is 0. The van der Waals surface area contributed by atoms with Gasteiger partial charge in [0.1, 0.15) is 0 Å². The molecule has 0 spiro atoms. The van der Waals surface area contributed by atoms with Gasteiger partial charge in [-0.1, -0.05) is 103 Å². The molecule has 1 N–H and O–H groups in total. The van der Waals surface area contributed by atoms with Crippen molar-refractivity contribution in [2.45, 2.75) is 116 Å². The van der Waals surface area contributed by atoms with Gasteiger partial charge in [-0.2, -0.15) is 0 Å². The van der Waals surface area contributed by atoms with Crippen molar-refractivity contribution in [3.8, 4) is 0 Å². The molecule has 0 rings (SSSR count). The zero-order chi connectivity index (χ0) is 17.6. The van der Waals surface area contributed by atoms with Gasteiger partial charge in [0.25, 0.3) is 0 Å². The van der Waals surface area contributed by atoms with E-state index in [1.54, 1.807) is 12.1 Å². The summed E-state index contributed by atoms with van der Waals surface area (Å²) in [7, 11) is -1.71. The Kier molecular flexibility index (Phi) is 13.9. The largest absolute Gasteiger partial charge is 0.317 e. The maximum atomic E-state index is 3.70. The van der Waals surface area contributed by atoms with E-state index in [9.17, 15) is 0 Å². The molecule has 0 aromatic carbocycles. The third-order valence-corrected chi connectivity index (χ3v) is 18.9. The van der Waals surface area contributed by atoms with Gasteiger partial charge in [0.15, 0.2) is 0 Å². The second kappa shape index (κ2) is 13.7. The lowest BCUT2D eigenvalue weighted by Gasteiger charge is -2.28. The summed E-state index contributed by atoms with van der Waals surface area (Å²) < 4.78 is 0. The van der Waals surface area contributed by atoms with Crippen LogP contribution in [-0.4, -0.2) is 29.2 Å². The molecule has 0 aliphatic heterocycles. The third kappa shape index (κ3) is 8.88. The minimum atomic E-state index is -0.856. The molecule has 23 heavy (non-hydrogen) atoms. The van der Waals surface area contributed by atoms with Crippen molar-refractivity contribution in [2.75, 3.05) is 13.1 Å². The number of nitrogens with one attached hydrogen (secondary N) is 1. The number of unbranched alkanes of at least 4 members (excludes halogenated alkanes) is 2. The van der Waals surface area contributed by atoms with Crippen LogP contribution in [0.4, 0.5) is 0 Å². The first-order valence-electron chi connectivity index (χ1n) is 10.8. The van der Waals surface area contributed by atoms with Crippen LogP contribution in [0.25, 0.3) is 0 Å². The van der Waals surface area contributed by atoms with Crippen LogP contribution in [0, 0.1) is 0 Å². The first kappa shape index (κ1) is 23.4. The normalized spacial score (nSPS) is 12.8. The maximum absolute atomic E-state index is 3.70. The molecule has 0 saturated heterocycles. The van der Waals surface area contributed by atoms with E-state index < -0.39 is 16.1 Å². The quantitative estimate of drug-likeness (QED) is 0.228. The average molecular weight is 358 g/mol. The zero-order valence-electron chi connectivity index (χ0n) is 17.4. The van der Waals surface area contributed by atoms with Gasteiger partial charge in [-0.15, -0.1) is 0 Å². The van der Waals surface area contributed by atoms with Gasteiger partial charge in [-0.3, -0.25) is 0 Å². The van der Waals surface area contributed by atoms with E-state index in [0.29, 0.717) is 0 Å². The summed E-state index contributed by atoms with van der Waals surface area (Å²) in [6, 6.07) is 12.1. The molecule has 0 aromatic heterocycles. The molecule has 3 heteroatoms. The molecule has 0 amide bonds. The summed E-state index contributed by atoms with van der Waals surface area (Å²) in [5.74, 6) is 0. The highest BCUT2D eigenvalue weighted by Gasteiger charge is 2.26. The highest BCUT2D eigenvalue weighted by atomic mass is 28.3. The van der Waals surface area contributed by atoms with Crippen LogP contribution >= 0.6 is 0 Å². The Bertz CT molecular complexity index is 218. The maximum Gasteiger partial charge on any atom is 0.0527 e. The molecule has 0 unspecified atom stereocenters. The summed E-state index contributed by atoms with van der Waals surface area (Å²) in [6.07, 6.45) is 5.72. The van der Waals surface area contributed by atoms with Crippen molar-refractivity contribution in [1.82, 2.24) is 5.32 Å². The first-order chi connectivity index (χ1) is 11.1. The number of rotatable bonds is 16. The van der Waals surface area contributed by atoms with Crippen molar-refractivity contribution < 1.29 is 0 Å². The Labute approximate surface area is 150 Å². The second-order valence-corrected chi connectivity index (χ2v) is 19.0. The van der Waals surface area contributed by atoms with Crippen LogP contribution in [0.3, 0.4) is 0 Å². The lowest BCUT2D eigenvalue weighted by Crippen LogP contribution is -2.31. The van der Waals surface area contributed by atoms with E-state index in [2.05, 4.69) is 46.9 Å². The summed E-state index contributed by atoms with van der Waals surface area (Å²) in [5.41, 5.74) is 0. The minimum absolute atomic E-state index is 0.856. The van der Waals surface area contributed by atoms with Crippen LogP contribution < -0.4 is 5.32 Å². The minimum Gasteiger partial charge on any atom is -0.317 e. The molecule has 0 aromatic rings. The molecule has 0 saturated carbocycles. The summed E-state index contributed by atoms with van der Waals surface area (Å²) in [6.45, 7) is 17.1. The summed E-state index contributed by atoms with van der Waals surface area (Å²) in [5, 5.41) is 3.70. The molecule has 1 nitrogen and oxygen atoms in total. The van der Waals surface area contributed by atoms with Crippen LogP contribution in [0.2, 0.25) is 48.4 Å². The molecular weight excluding hydrogens is 310 g/mol. The van der Waals surface area contributed by atoms with E-state index in [-0.39, 0.29) is 0 Å². The predicted molar refractivity (Wildman–Crippen MR) is 115 cm³/mol.